The van der Waals surface area contributed by atoms with E-state index in [4.69, 9.17) is 9.47 Å². The van der Waals surface area contributed by atoms with Crippen LogP contribution in [0.3, 0.4) is 0 Å². The number of hydrogen-bond acceptors (Lipinski definition) is 4. The Kier molecular flexibility index (Phi) is 5.12. The molecule has 0 unspecified atom stereocenters. The Bertz CT molecular complexity index is 762. The van der Waals surface area contributed by atoms with Crippen molar-refractivity contribution in [3.8, 4) is 5.75 Å². The molecule has 2 aromatic carbocycles. The first-order valence-corrected chi connectivity index (χ1v) is 7.81. The van der Waals surface area contributed by atoms with Crippen LogP contribution in [0, 0.1) is 0 Å². The minimum absolute atomic E-state index is 0.298. The molecule has 128 valence electrons. The quantitative estimate of drug-likeness (QED) is 0.874. The van der Waals surface area contributed by atoms with E-state index in [9.17, 15) is 9.59 Å². The number of rotatable bonds is 4. The Hall–Kier alpha value is -2.56. The number of benzene rings is 2. The third kappa shape index (κ3) is 4.25. The highest BCUT2D eigenvalue weighted by molar-refractivity contribution is 5.99. The van der Waals surface area contributed by atoms with Crippen LogP contribution in [0.25, 0.3) is 10.8 Å². The molecule has 0 aromatic heterocycles. The minimum atomic E-state index is -0.895. The van der Waals surface area contributed by atoms with E-state index in [0.29, 0.717) is 11.3 Å². The average Bonchev–Trinajstić information content (AvgIpc) is 2.51. The van der Waals surface area contributed by atoms with E-state index >= 15 is 0 Å². The molecule has 0 saturated carbocycles. The van der Waals surface area contributed by atoms with Crippen molar-refractivity contribution in [3.63, 3.8) is 0 Å². The third-order valence-electron chi connectivity index (χ3n) is 3.44. The van der Waals surface area contributed by atoms with Crippen molar-refractivity contribution in [3.05, 3.63) is 42.0 Å². The molecule has 2 rings (SSSR count). The fraction of sp³-hybridized carbons (Fsp3) is 0.368. The Morgan fingerprint density at radius 1 is 1.08 bits per heavy atom. The van der Waals surface area contributed by atoms with E-state index in [1.165, 1.54) is 7.11 Å². The van der Waals surface area contributed by atoms with Gasteiger partial charge >= 0.3 is 5.97 Å². The molecule has 0 aliphatic carbocycles. The number of fused-ring (bicyclic) bond motifs is 1. The smallest absolute Gasteiger partial charge is 0.342 e. The molecule has 1 amide bonds. The average molecular weight is 329 g/mol. The number of nitrogens with one attached hydrogen (secondary N) is 1. The highest BCUT2D eigenvalue weighted by atomic mass is 16.5. The van der Waals surface area contributed by atoms with Gasteiger partial charge in [0.15, 0.2) is 6.10 Å². The van der Waals surface area contributed by atoms with Crippen LogP contribution in [0.1, 0.15) is 38.1 Å². The molecule has 0 fully saturated rings. The van der Waals surface area contributed by atoms with Gasteiger partial charge in [0.1, 0.15) is 11.3 Å². The first-order chi connectivity index (χ1) is 11.2. The zero-order chi connectivity index (χ0) is 17.9. The van der Waals surface area contributed by atoms with Crippen LogP contribution in [0.2, 0.25) is 0 Å². The summed E-state index contributed by atoms with van der Waals surface area (Å²) in [5.41, 5.74) is -0.0927. The molecule has 1 atom stereocenters. The molecule has 2 aromatic rings. The van der Waals surface area contributed by atoms with Gasteiger partial charge in [-0.05, 0) is 50.6 Å². The molecule has 0 aliphatic heterocycles. The lowest BCUT2D eigenvalue weighted by atomic mass is 10.1. The van der Waals surface area contributed by atoms with Gasteiger partial charge in [-0.1, -0.05) is 24.3 Å². The zero-order valence-corrected chi connectivity index (χ0v) is 14.7. The Morgan fingerprint density at radius 2 is 1.67 bits per heavy atom. The predicted octanol–water partition coefficient (Wildman–Crippen LogP) is 3.31. The number of ether oxygens (including phenoxy) is 2. The first kappa shape index (κ1) is 17.8. The zero-order valence-electron chi connectivity index (χ0n) is 14.7. The maximum absolute atomic E-state index is 12.5. The van der Waals surface area contributed by atoms with Crippen LogP contribution in [-0.2, 0) is 9.53 Å². The molecule has 0 bridgehead atoms. The summed E-state index contributed by atoms with van der Waals surface area (Å²) in [5.74, 6) is -0.508. The topological polar surface area (TPSA) is 64.6 Å². The number of amides is 1. The molecule has 5 heteroatoms. The number of carbonyl (C=O) groups excluding carboxylic acids is 2. The molecule has 24 heavy (non-hydrogen) atoms. The summed E-state index contributed by atoms with van der Waals surface area (Å²) < 4.78 is 10.6. The lowest BCUT2D eigenvalue weighted by Gasteiger charge is -2.23. The lowest BCUT2D eigenvalue weighted by Crippen LogP contribution is -2.46. The van der Waals surface area contributed by atoms with Gasteiger partial charge in [-0.25, -0.2) is 4.79 Å². The second-order valence-corrected chi connectivity index (χ2v) is 6.69. The van der Waals surface area contributed by atoms with Crippen molar-refractivity contribution >= 4 is 22.6 Å². The van der Waals surface area contributed by atoms with Crippen molar-refractivity contribution in [1.29, 1.82) is 0 Å². The highest BCUT2D eigenvalue weighted by Crippen LogP contribution is 2.26. The molecule has 1 N–H and O–H groups in total. The van der Waals surface area contributed by atoms with E-state index in [2.05, 4.69) is 5.32 Å². The van der Waals surface area contributed by atoms with Gasteiger partial charge in [-0.15, -0.1) is 0 Å². The van der Waals surface area contributed by atoms with E-state index in [0.717, 1.165) is 10.8 Å². The van der Waals surface area contributed by atoms with E-state index in [-0.39, 0.29) is 5.91 Å². The van der Waals surface area contributed by atoms with Crippen molar-refractivity contribution in [2.45, 2.75) is 39.3 Å². The predicted molar refractivity (Wildman–Crippen MR) is 93.3 cm³/mol. The maximum atomic E-state index is 12.5. The number of esters is 1. The van der Waals surface area contributed by atoms with Crippen LogP contribution in [0.5, 0.6) is 5.75 Å². The third-order valence-corrected chi connectivity index (χ3v) is 3.44. The van der Waals surface area contributed by atoms with Gasteiger partial charge in [0.2, 0.25) is 0 Å². The van der Waals surface area contributed by atoms with Gasteiger partial charge in [0.05, 0.1) is 7.11 Å². The van der Waals surface area contributed by atoms with Gasteiger partial charge in [0, 0.05) is 5.54 Å². The number of carbonyl (C=O) groups is 2. The normalized spacial score (nSPS) is 12.5. The minimum Gasteiger partial charge on any atom is -0.496 e. The largest absolute Gasteiger partial charge is 0.496 e. The van der Waals surface area contributed by atoms with Crippen LogP contribution in [0.4, 0.5) is 0 Å². The van der Waals surface area contributed by atoms with Crippen molar-refractivity contribution in [1.82, 2.24) is 5.32 Å². The Labute approximate surface area is 141 Å². The lowest BCUT2D eigenvalue weighted by molar-refractivity contribution is -0.130. The Balaban J connectivity index is 2.23. The molecule has 0 saturated heterocycles. The fourth-order valence-corrected chi connectivity index (χ4v) is 2.30. The number of methoxy groups -OCH3 is 1. The molecular formula is C19H23NO4. The van der Waals surface area contributed by atoms with Crippen LogP contribution in [-0.4, -0.2) is 30.6 Å². The standard InChI is InChI=1S/C19H23NO4/c1-12(17(21)20-19(2,3)4)24-18(22)15-10-13-8-6-7-9-14(13)11-16(15)23-5/h6-12H,1-5H3,(H,20,21)/t12-/m0/s1. The fourth-order valence-electron chi connectivity index (χ4n) is 2.30. The SMILES string of the molecule is COc1cc2ccccc2cc1C(=O)O[C@@H](C)C(=O)NC(C)(C)C. The molecule has 5 nitrogen and oxygen atoms in total. The second-order valence-electron chi connectivity index (χ2n) is 6.69. The van der Waals surface area contributed by atoms with Gasteiger partial charge < -0.3 is 14.8 Å². The van der Waals surface area contributed by atoms with Crippen molar-refractivity contribution < 1.29 is 19.1 Å². The summed E-state index contributed by atoms with van der Waals surface area (Å²) in [5, 5.41) is 4.65. The van der Waals surface area contributed by atoms with Crippen molar-refractivity contribution in [2.75, 3.05) is 7.11 Å². The Morgan fingerprint density at radius 3 is 2.21 bits per heavy atom. The maximum Gasteiger partial charge on any atom is 0.342 e. The molecule has 0 radical (unpaired) electrons. The summed E-state index contributed by atoms with van der Waals surface area (Å²) in [6.45, 7) is 7.15. The molecular weight excluding hydrogens is 306 g/mol. The second kappa shape index (κ2) is 6.91. The monoisotopic (exact) mass is 329 g/mol. The van der Waals surface area contributed by atoms with E-state index in [1.807, 2.05) is 45.0 Å². The summed E-state index contributed by atoms with van der Waals surface area (Å²) in [6.07, 6.45) is -0.895. The highest BCUT2D eigenvalue weighted by Gasteiger charge is 2.24. The molecule has 0 spiro atoms. The van der Waals surface area contributed by atoms with Gasteiger partial charge in [0.25, 0.3) is 5.91 Å². The summed E-state index contributed by atoms with van der Waals surface area (Å²) in [6, 6.07) is 11.1. The summed E-state index contributed by atoms with van der Waals surface area (Å²) in [7, 11) is 1.50. The molecule has 0 aliphatic rings. The van der Waals surface area contributed by atoms with Crippen LogP contribution >= 0.6 is 0 Å². The van der Waals surface area contributed by atoms with Crippen LogP contribution in [0.15, 0.2) is 36.4 Å². The van der Waals surface area contributed by atoms with Crippen LogP contribution < -0.4 is 10.1 Å². The van der Waals surface area contributed by atoms with E-state index in [1.54, 1.807) is 19.1 Å². The first-order valence-electron chi connectivity index (χ1n) is 7.81. The molecule has 0 heterocycles. The number of hydrogen-bond donors (Lipinski definition) is 1. The van der Waals surface area contributed by atoms with E-state index < -0.39 is 17.6 Å². The summed E-state index contributed by atoms with van der Waals surface area (Å²) in [4.78, 5) is 24.5. The van der Waals surface area contributed by atoms with Gasteiger partial charge in [-0.3, -0.25) is 4.79 Å². The summed E-state index contributed by atoms with van der Waals surface area (Å²) >= 11 is 0. The van der Waals surface area contributed by atoms with Crippen molar-refractivity contribution in [2.24, 2.45) is 0 Å². The van der Waals surface area contributed by atoms with Gasteiger partial charge in [-0.2, -0.15) is 0 Å².